The van der Waals surface area contributed by atoms with Gasteiger partial charge in [0.25, 0.3) is 10.0 Å². The maximum Gasteiger partial charge on any atom is 0.252 e. The highest BCUT2D eigenvalue weighted by molar-refractivity contribution is 7.91. The Kier molecular flexibility index (Phi) is 5.30. The second-order valence-corrected chi connectivity index (χ2v) is 9.39. The largest absolute Gasteiger partial charge is 0.329 e. The smallest absolute Gasteiger partial charge is 0.252 e. The second kappa shape index (κ2) is 7.09. The van der Waals surface area contributed by atoms with Crippen molar-refractivity contribution in [3.05, 3.63) is 51.3 Å². The number of hydrogen-bond donors (Lipinski definition) is 1. The summed E-state index contributed by atoms with van der Waals surface area (Å²) in [6.45, 7) is 3.22. The number of benzene rings is 1. The predicted molar refractivity (Wildman–Crippen MR) is 93.9 cm³/mol. The summed E-state index contributed by atoms with van der Waals surface area (Å²) in [5.41, 5.74) is 0.931. The molecule has 0 radical (unpaired) electrons. The summed E-state index contributed by atoms with van der Waals surface area (Å²) < 4.78 is 27.0. The van der Waals surface area contributed by atoms with Gasteiger partial charge in [0.15, 0.2) is 0 Å². The van der Waals surface area contributed by atoms with Gasteiger partial charge in [0.05, 0.1) is 36.2 Å². The summed E-state index contributed by atoms with van der Waals surface area (Å²) in [7, 11) is -3.34. The first-order valence-corrected chi connectivity index (χ1v) is 10.4. The van der Waals surface area contributed by atoms with Crippen LogP contribution in [0.1, 0.15) is 5.56 Å². The van der Waals surface area contributed by atoms with E-state index in [1.54, 1.807) is 21.8 Å². The number of nitrogens with one attached hydrogen (secondary N) is 1. The van der Waals surface area contributed by atoms with Crippen molar-refractivity contribution in [2.75, 3.05) is 26.2 Å². The first-order chi connectivity index (χ1) is 11.0. The second-order valence-electron chi connectivity index (χ2n) is 5.46. The Morgan fingerprint density at radius 2 is 1.74 bits per heavy atom. The number of nitrogens with zero attached hydrogens (tertiary/aromatic N) is 1. The molecule has 0 unspecified atom stereocenters. The van der Waals surface area contributed by atoms with E-state index >= 15 is 0 Å². The molecule has 3 rings (SSSR count). The molecular formula is C15H17Cl2N2O2S2+. The van der Waals surface area contributed by atoms with E-state index in [9.17, 15) is 8.42 Å². The molecule has 1 saturated heterocycles. The fourth-order valence-electron chi connectivity index (χ4n) is 2.71. The summed E-state index contributed by atoms with van der Waals surface area (Å²) in [4.78, 5) is 1.29. The van der Waals surface area contributed by atoms with Crippen molar-refractivity contribution < 1.29 is 13.3 Å². The lowest BCUT2D eigenvalue weighted by atomic mass is 10.2. The fraction of sp³-hybridized carbons (Fsp3) is 0.333. The van der Waals surface area contributed by atoms with E-state index in [1.807, 2.05) is 18.2 Å². The van der Waals surface area contributed by atoms with Crippen molar-refractivity contribution in [1.82, 2.24) is 4.31 Å². The van der Waals surface area contributed by atoms with Gasteiger partial charge in [-0.15, -0.1) is 11.3 Å². The van der Waals surface area contributed by atoms with Gasteiger partial charge in [-0.1, -0.05) is 35.3 Å². The lowest BCUT2D eigenvalue weighted by Gasteiger charge is -2.31. The van der Waals surface area contributed by atoms with Crippen LogP contribution >= 0.6 is 34.5 Å². The summed E-state index contributed by atoms with van der Waals surface area (Å²) in [5, 5.41) is 3.12. The third-order valence-electron chi connectivity index (χ3n) is 4.01. The minimum Gasteiger partial charge on any atom is -0.329 e. The number of rotatable bonds is 4. The van der Waals surface area contributed by atoms with Crippen molar-refractivity contribution in [3.8, 4) is 0 Å². The number of halogens is 2. The van der Waals surface area contributed by atoms with Crippen LogP contribution in [-0.4, -0.2) is 38.9 Å². The molecule has 0 spiro atoms. The van der Waals surface area contributed by atoms with E-state index in [0.717, 1.165) is 18.7 Å². The van der Waals surface area contributed by atoms with Gasteiger partial charge in [0.1, 0.15) is 10.8 Å². The van der Waals surface area contributed by atoms with Crippen LogP contribution in [0, 0.1) is 0 Å². The van der Waals surface area contributed by atoms with Crippen LogP contribution < -0.4 is 4.90 Å². The van der Waals surface area contributed by atoms with E-state index in [1.165, 1.54) is 16.2 Å². The molecule has 0 amide bonds. The lowest BCUT2D eigenvalue weighted by molar-refractivity contribution is -0.917. The standard InChI is InChI=1S/C15H16Cl2N2O2S2/c16-13-3-1-4-14(17)12(13)11-18-6-8-19(9-7-18)23(20,21)15-5-2-10-22-15/h1-5,10H,6-9,11H2/p+1. The van der Waals surface area contributed by atoms with Gasteiger partial charge in [-0.3, -0.25) is 0 Å². The summed E-state index contributed by atoms with van der Waals surface area (Å²) in [5.74, 6) is 0. The van der Waals surface area contributed by atoms with E-state index in [4.69, 9.17) is 23.2 Å². The van der Waals surface area contributed by atoms with Crippen molar-refractivity contribution in [2.24, 2.45) is 0 Å². The Hall–Kier alpha value is -0.630. The van der Waals surface area contributed by atoms with Gasteiger partial charge in [0.2, 0.25) is 0 Å². The van der Waals surface area contributed by atoms with Gasteiger partial charge in [-0.25, -0.2) is 8.42 Å². The van der Waals surface area contributed by atoms with Gasteiger partial charge in [-0.2, -0.15) is 4.31 Å². The fourth-order valence-corrected chi connectivity index (χ4v) is 5.83. The van der Waals surface area contributed by atoms with Gasteiger partial charge >= 0.3 is 0 Å². The summed E-state index contributed by atoms with van der Waals surface area (Å²) in [6.07, 6.45) is 0. The van der Waals surface area contributed by atoms with Crippen LogP contribution in [0.25, 0.3) is 0 Å². The average Bonchev–Trinajstić information content (AvgIpc) is 3.07. The molecular weight excluding hydrogens is 375 g/mol. The van der Waals surface area contributed by atoms with E-state index in [0.29, 0.717) is 33.9 Å². The summed E-state index contributed by atoms with van der Waals surface area (Å²) in [6, 6.07) is 8.91. The Morgan fingerprint density at radius 3 is 2.30 bits per heavy atom. The minimum atomic E-state index is -3.34. The molecule has 8 heteroatoms. The number of quaternary nitrogens is 1. The minimum absolute atomic E-state index is 0.412. The van der Waals surface area contributed by atoms with E-state index in [2.05, 4.69) is 0 Å². The Balaban J connectivity index is 1.65. The molecule has 0 bridgehead atoms. The molecule has 4 nitrogen and oxygen atoms in total. The number of sulfonamides is 1. The first kappa shape index (κ1) is 17.2. The highest BCUT2D eigenvalue weighted by Crippen LogP contribution is 2.24. The third kappa shape index (κ3) is 3.73. The molecule has 0 atom stereocenters. The van der Waals surface area contributed by atoms with Crippen molar-refractivity contribution in [1.29, 1.82) is 0 Å². The molecule has 23 heavy (non-hydrogen) atoms. The Morgan fingerprint density at radius 1 is 1.09 bits per heavy atom. The van der Waals surface area contributed by atoms with E-state index in [-0.39, 0.29) is 0 Å². The van der Waals surface area contributed by atoms with Crippen molar-refractivity contribution in [3.63, 3.8) is 0 Å². The Bertz CT molecular complexity index is 751. The molecule has 2 heterocycles. The number of thiophene rings is 1. The van der Waals surface area contributed by atoms with Gasteiger partial charge in [-0.05, 0) is 23.6 Å². The lowest BCUT2D eigenvalue weighted by Crippen LogP contribution is -3.13. The third-order valence-corrected chi connectivity index (χ3v) is 7.99. The molecule has 2 aromatic rings. The quantitative estimate of drug-likeness (QED) is 0.867. The van der Waals surface area contributed by atoms with Crippen LogP contribution in [0.3, 0.4) is 0 Å². The monoisotopic (exact) mass is 391 g/mol. The molecule has 1 aliphatic rings. The predicted octanol–water partition coefficient (Wildman–Crippen LogP) is 2.14. The number of piperazine rings is 1. The maximum absolute atomic E-state index is 12.5. The van der Waals surface area contributed by atoms with Crippen LogP contribution in [0.2, 0.25) is 10.0 Å². The molecule has 1 aromatic heterocycles. The van der Waals surface area contributed by atoms with E-state index < -0.39 is 10.0 Å². The zero-order valence-electron chi connectivity index (χ0n) is 12.3. The normalized spacial score (nSPS) is 17.5. The van der Waals surface area contributed by atoms with Crippen molar-refractivity contribution >= 4 is 44.6 Å². The topological polar surface area (TPSA) is 41.8 Å². The summed E-state index contributed by atoms with van der Waals surface area (Å²) >= 11 is 13.7. The SMILES string of the molecule is O=S(=O)(c1cccs1)N1CC[NH+](Cc2c(Cl)cccc2Cl)CC1. The van der Waals surface area contributed by atoms with Crippen LogP contribution in [-0.2, 0) is 16.6 Å². The van der Waals surface area contributed by atoms with Crippen LogP contribution in [0.15, 0.2) is 39.9 Å². The number of hydrogen-bond acceptors (Lipinski definition) is 3. The van der Waals surface area contributed by atoms with Crippen molar-refractivity contribution in [2.45, 2.75) is 10.8 Å². The highest BCUT2D eigenvalue weighted by atomic mass is 35.5. The molecule has 124 valence electrons. The van der Waals surface area contributed by atoms with Crippen LogP contribution in [0.5, 0.6) is 0 Å². The molecule has 0 saturated carbocycles. The Labute approximate surface area is 150 Å². The first-order valence-electron chi connectivity index (χ1n) is 7.28. The van der Waals surface area contributed by atoms with Crippen LogP contribution in [0.4, 0.5) is 0 Å². The van der Waals surface area contributed by atoms with Gasteiger partial charge in [0, 0.05) is 5.56 Å². The highest BCUT2D eigenvalue weighted by Gasteiger charge is 2.31. The molecule has 0 aliphatic carbocycles. The molecule has 1 aliphatic heterocycles. The zero-order valence-corrected chi connectivity index (χ0v) is 15.5. The van der Waals surface area contributed by atoms with Gasteiger partial charge < -0.3 is 4.90 Å². The maximum atomic E-state index is 12.5. The molecule has 1 N–H and O–H groups in total. The zero-order chi connectivity index (χ0) is 16.4. The molecule has 1 aromatic carbocycles. The average molecular weight is 392 g/mol. The molecule has 1 fully saturated rings.